The maximum absolute atomic E-state index is 12.1. The van der Waals surface area contributed by atoms with E-state index >= 15 is 0 Å². The lowest BCUT2D eigenvalue weighted by Gasteiger charge is -2.30. The summed E-state index contributed by atoms with van der Waals surface area (Å²) in [4.78, 5) is 16.1. The van der Waals surface area contributed by atoms with Crippen molar-refractivity contribution in [2.24, 2.45) is 5.92 Å². The van der Waals surface area contributed by atoms with Gasteiger partial charge in [0.1, 0.15) is 0 Å². The van der Waals surface area contributed by atoms with Gasteiger partial charge in [0.05, 0.1) is 5.69 Å². The van der Waals surface area contributed by atoms with E-state index < -0.39 is 0 Å². The number of nitrogens with zero attached hydrogens (tertiary/aromatic N) is 1. The molecular weight excluding hydrogens is 230 g/mol. The van der Waals surface area contributed by atoms with Crippen molar-refractivity contribution in [2.45, 2.75) is 31.7 Å². The summed E-state index contributed by atoms with van der Waals surface area (Å²) in [6.45, 7) is 0.114. The molecule has 1 aromatic heterocycles. The molecule has 2 unspecified atom stereocenters. The Morgan fingerprint density at radius 3 is 3.00 bits per heavy atom. The molecule has 2 rings (SSSR count). The van der Waals surface area contributed by atoms with Gasteiger partial charge in [-0.2, -0.15) is 0 Å². The Morgan fingerprint density at radius 2 is 2.28 bits per heavy atom. The summed E-state index contributed by atoms with van der Waals surface area (Å²) in [5.74, 6) is -0.105. The van der Waals surface area contributed by atoms with Crippen LogP contribution >= 0.6 is 0 Å². The van der Waals surface area contributed by atoms with Crippen LogP contribution in [0.3, 0.4) is 0 Å². The van der Waals surface area contributed by atoms with Crippen molar-refractivity contribution in [3.05, 3.63) is 24.0 Å². The molecule has 2 atom stereocenters. The zero-order chi connectivity index (χ0) is 13.0. The summed E-state index contributed by atoms with van der Waals surface area (Å²) in [7, 11) is 0. The topological polar surface area (TPSA) is 88.2 Å². The van der Waals surface area contributed by atoms with Crippen LogP contribution in [0.1, 0.15) is 36.2 Å². The highest BCUT2D eigenvalue weighted by atomic mass is 16.3. The molecular formula is C13H19N3O2. The van der Waals surface area contributed by atoms with Crippen LogP contribution in [0.4, 0.5) is 5.69 Å². The summed E-state index contributed by atoms with van der Waals surface area (Å²) in [6.07, 6.45) is 5.61. The molecule has 0 saturated heterocycles. The van der Waals surface area contributed by atoms with E-state index in [2.05, 4.69) is 10.3 Å². The second kappa shape index (κ2) is 5.82. The highest BCUT2D eigenvalue weighted by molar-refractivity contribution is 5.97. The van der Waals surface area contributed by atoms with Crippen LogP contribution in [0.5, 0.6) is 0 Å². The molecule has 18 heavy (non-hydrogen) atoms. The number of carbonyl (C=O) groups excluding carboxylic acids is 1. The van der Waals surface area contributed by atoms with Crippen LogP contribution in [-0.2, 0) is 0 Å². The molecule has 1 aliphatic carbocycles. The number of aliphatic hydroxyl groups is 1. The number of aromatic nitrogens is 1. The SMILES string of the molecule is Nc1cccnc1C(=O)NC1CCCCC1CO. The van der Waals surface area contributed by atoms with Gasteiger partial charge in [-0.15, -0.1) is 0 Å². The highest BCUT2D eigenvalue weighted by Crippen LogP contribution is 2.24. The third-order valence-corrected chi connectivity index (χ3v) is 3.51. The maximum Gasteiger partial charge on any atom is 0.272 e. The second-order valence-corrected chi connectivity index (χ2v) is 4.75. The first-order valence-corrected chi connectivity index (χ1v) is 6.34. The van der Waals surface area contributed by atoms with Gasteiger partial charge in [-0.05, 0) is 25.0 Å². The van der Waals surface area contributed by atoms with E-state index in [1.807, 2.05) is 0 Å². The second-order valence-electron chi connectivity index (χ2n) is 4.75. The maximum atomic E-state index is 12.1. The third-order valence-electron chi connectivity index (χ3n) is 3.51. The zero-order valence-corrected chi connectivity index (χ0v) is 10.3. The number of nitrogens with one attached hydrogen (secondary N) is 1. The zero-order valence-electron chi connectivity index (χ0n) is 10.3. The third kappa shape index (κ3) is 2.79. The van der Waals surface area contributed by atoms with Crippen molar-refractivity contribution in [1.82, 2.24) is 10.3 Å². The van der Waals surface area contributed by atoms with Gasteiger partial charge in [0.2, 0.25) is 0 Å². The number of anilines is 1. The number of pyridine rings is 1. The van der Waals surface area contributed by atoms with E-state index in [4.69, 9.17) is 5.73 Å². The molecule has 1 amide bonds. The van der Waals surface area contributed by atoms with E-state index in [-0.39, 0.29) is 30.2 Å². The van der Waals surface area contributed by atoms with Crippen LogP contribution in [0.2, 0.25) is 0 Å². The summed E-state index contributed by atoms with van der Waals surface area (Å²) < 4.78 is 0. The van der Waals surface area contributed by atoms with Crippen LogP contribution in [0, 0.1) is 5.92 Å². The van der Waals surface area contributed by atoms with Crippen molar-refractivity contribution in [3.8, 4) is 0 Å². The molecule has 1 aromatic rings. The average molecular weight is 249 g/mol. The molecule has 98 valence electrons. The Balaban J connectivity index is 2.04. The molecule has 4 N–H and O–H groups in total. The number of hydrogen-bond acceptors (Lipinski definition) is 4. The molecule has 1 aliphatic rings. The average Bonchev–Trinajstić information content (AvgIpc) is 2.39. The van der Waals surface area contributed by atoms with Crippen LogP contribution in [-0.4, -0.2) is 28.6 Å². The van der Waals surface area contributed by atoms with E-state index in [0.29, 0.717) is 5.69 Å². The minimum absolute atomic E-state index is 0.0256. The molecule has 0 bridgehead atoms. The molecule has 0 spiro atoms. The fraction of sp³-hybridized carbons (Fsp3) is 0.538. The Morgan fingerprint density at radius 1 is 1.50 bits per heavy atom. The fourth-order valence-corrected chi connectivity index (χ4v) is 2.46. The number of nitrogen functional groups attached to an aromatic ring is 1. The number of aliphatic hydroxyl groups excluding tert-OH is 1. The first kappa shape index (κ1) is 12.8. The van der Waals surface area contributed by atoms with Gasteiger partial charge in [0.15, 0.2) is 5.69 Å². The predicted molar refractivity (Wildman–Crippen MR) is 68.9 cm³/mol. The molecule has 0 aromatic carbocycles. The van der Waals surface area contributed by atoms with Gasteiger partial charge >= 0.3 is 0 Å². The fourth-order valence-electron chi connectivity index (χ4n) is 2.46. The number of rotatable bonds is 3. The Bertz CT molecular complexity index is 422. The number of nitrogens with two attached hydrogens (primary N) is 1. The van der Waals surface area contributed by atoms with Gasteiger partial charge in [-0.1, -0.05) is 12.8 Å². The lowest BCUT2D eigenvalue weighted by molar-refractivity contribution is 0.0868. The highest BCUT2D eigenvalue weighted by Gasteiger charge is 2.26. The van der Waals surface area contributed by atoms with E-state index in [9.17, 15) is 9.90 Å². The first-order chi connectivity index (χ1) is 8.72. The van der Waals surface area contributed by atoms with Gasteiger partial charge in [-0.3, -0.25) is 4.79 Å². The van der Waals surface area contributed by atoms with Crippen molar-refractivity contribution < 1.29 is 9.90 Å². The van der Waals surface area contributed by atoms with Crippen molar-refractivity contribution in [3.63, 3.8) is 0 Å². The normalized spacial score (nSPS) is 23.6. The lowest BCUT2D eigenvalue weighted by Crippen LogP contribution is -2.43. The molecule has 1 fully saturated rings. The summed E-state index contributed by atoms with van der Waals surface area (Å²) in [5.41, 5.74) is 6.37. The smallest absolute Gasteiger partial charge is 0.272 e. The monoisotopic (exact) mass is 249 g/mol. The van der Waals surface area contributed by atoms with Crippen molar-refractivity contribution in [2.75, 3.05) is 12.3 Å². The molecule has 0 radical (unpaired) electrons. The Kier molecular flexibility index (Phi) is 4.15. The molecule has 1 heterocycles. The number of hydrogen-bond donors (Lipinski definition) is 3. The molecule has 0 aliphatic heterocycles. The number of amides is 1. The van der Waals surface area contributed by atoms with Crippen molar-refractivity contribution in [1.29, 1.82) is 0 Å². The standard InChI is InChI=1S/C13H19N3O2/c14-10-5-3-7-15-12(10)13(18)16-11-6-2-1-4-9(11)8-17/h3,5,7,9,11,17H,1-2,4,6,8,14H2,(H,16,18). The molecule has 1 saturated carbocycles. The minimum atomic E-state index is -0.251. The van der Waals surface area contributed by atoms with Crippen molar-refractivity contribution >= 4 is 11.6 Å². The van der Waals surface area contributed by atoms with Gasteiger partial charge in [0, 0.05) is 24.8 Å². The largest absolute Gasteiger partial charge is 0.397 e. The van der Waals surface area contributed by atoms with E-state index in [0.717, 1.165) is 25.7 Å². The Hall–Kier alpha value is -1.62. The van der Waals surface area contributed by atoms with Crippen LogP contribution in [0.25, 0.3) is 0 Å². The minimum Gasteiger partial charge on any atom is -0.397 e. The molecule has 5 nitrogen and oxygen atoms in total. The van der Waals surface area contributed by atoms with Crippen LogP contribution < -0.4 is 11.1 Å². The van der Waals surface area contributed by atoms with E-state index in [1.54, 1.807) is 18.3 Å². The predicted octanol–water partition coefficient (Wildman–Crippen LogP) is 0.945. The Labute approximate surface area is 106 Å². The first-order valence-electron chi connectivity index (χ1n) is 6.34. The van der Waals surface area contributed by atoms with Gasteiger partial charge in [-0.25, -0.2) is 4.98 Å². The summed E-state index contributed by atoms with van der Waals surface area (Å²) >= 11 is 0. The van der Waals surface area contributed by atoms with Crippen LogP contribution in [0.15, 0.2) is 18.3 Å². The lowest BCUT2D eigenvalue weighted by atomic mass is 9.85. The molecule has 5 heteroatoms. The quantitative estimate of drug-likeness (QED) is 0.744. The summed E-state index contributed by atoms with van der Waals surface area (Å²) in [5, 5.41) is 12.2. The van der Waals surface area contributed by atoms with Gasteiger partial charge < -0.3 is 16.2 Å². The van der Waals surface area contributed by atoms with Gasteiger partial charge in [0.25, 0.3) is 5.91 Å². The number of carbonyl (C=O) groups is 1. The summed E-state index contributed by atoms with van der Waals surface area (Å²) in [6, 6.07) is 3.38. The van der Waals surface area contributed by atoms with E-state index in [1.165, 1.54) is 0 Å².